The van der Waals surface area contributed by atoms with Crippen molar-refractivity contribution in [1.29, 1.82) is 0 Å². The highest BCUT2D eigenvalue weighted by Gasteiger charge is 2.06. The molecular formula is C16H16Cl2N2O. The maximum absolute atomic E-state index is 11.9. The maximum Gasteiger partial charge on any atom is 0.226 e. The third-order valence-corrected chi connectivity index (χ3v) is 3.45. The fourth-order valence-electron chi connectivity index (χ4n) is 1.88. The summed E-state index contributed by atoms with van der Waals surface area (Å²) in [5, 5.41) is 6.95. The molecule has 2 rings (SSSR count). The molecule has 0 aliphatic carbocycles. The quantitative estimate of drug-likeness (QED) is 0.834. The van der Waals surface area contributed by atoms with Gasteiger partial charge in [-0.1, -0.05) is 35.3 Å². The number of carbonyl (C=O) groups is 1. The van der Waals surface area contributed by atoms with E-state index in [9.17, 15) is 4.79 Å². The molecule has 0 saturated heterocycles. The van der Waals surface area contributed by atoms with Crippen molar-refractivity contribution >= 4 is 40.5 Å². The van der Waals surface area contributed by atoms with E-state index in [0.717, 1.165) is 5.69 Å². The summed E-state index contributed by atoms with van der Waals surface area (Å²) >= 11 is 11.8. The molecule has 2 aromatic rings. The molecule has 0 radical (unpaired) electrons. The minimum atomic E-state index is -0.0978. The van der Waals surface area contributed by atoms with Gasteiger partial charge >= 0.3 is 0 Å². The minimum Gasteiger partial charge on any atom is -0.385 e. The molecule has 5 heteroatoms. The summed E-state index contributed by atoms with van der Waals surface area (Å²) in [5.41, 5.74) is 2.76. The normalized spacial score (nSPS) is 10.2. The van der Waals surface area contributed by atoms with Crippen LogP contribution in [0.2, 0.25) is 10.0 Å². The second-order valence-corrected chi connectivity index (χ2v) is 5.56. The van der Waals surface area contributed by atoms with E-state index in [1.165, 1.54) is 5.56 Å². The van der Waals surface area contributed by atoms with E-state index in [2.05, 4.69) is 10.6 Å². The molecule has 0 unspecified atom stereocenters. The first-order valence-corrected chi connectivity index (χ1v) is 7.35. The molecule has 21 heavy (non-hydrogen) atoms. The van der Waals surface area contributed by atoms with Crippen LogP contribution in [-0.4, -0.2) is 12.5 Å². The Hall–Kier alpha value is -1.71. The minimum absolute atomic E-state index is 0.0978. The summed E-state index contributed by atoms with van der Waals surface area (Å²) in [4.78, 5) is 11.9. The lowest BCUT2D eigenvalue weighted by Crippen LogP contribution is -2.16. The van der Waals surface area contributed by atoms with E-state index >= 15 is 0 Å². The maximum atomic E-state index is 11.9. The molecule has 3 nitrogen and oxygen atoms in total. The van der Waals surface area contributed by atoms with Crippen LogP contribution in [0.25, 0.3) is 0 Å². The van der Waals surface area contributed by atoms with E-state index in [4.69, 9.17) is 23.2 Å². The average Bonchev–Trinajstić information content (AvgIpc) is 2.42. The van der Waals surface area contributed by atoms with Crippen LogP contribution in [0, 0.1) is 6.92 Å². The molecule has 1 amide bonds. The Morgan fingerprint density at radius 1 is 1.14 bits per heavy atom. The number of nitrogens with one attached hydrogen (secondary N) is 2. The van der Waals surface area contributed by atoms with Crippen LogP contribution in [0.3, 0.4) is 0 Å². The molecule has 2 aromatic carbocycles. The Balaban J connectivity index is 1.82. The van der Waals surface area contributed by atoms with Crippen molar-refractivity contribution in [3.8, 4) is 0 Å². The van der Waals surface area contributed by atoms with Crippen molar-refractivity contribution in [3.05, 3.63) is 58.1 Å². The van der Waals surface area contributed by atoms with Gasteiger partial charge in [0.1, 0.15) is 0 Å². The Bertz CT molecular complexity index is 644. The molecule has 110 valence electrons. The lowest BCUT2D eigenvalue weighted by Gasteiger charge is -2.09. The van der Waals surface area contributed by atoms with E-state index in [0.29, 0.717) is 28.7 Å². The summed E-state index contributed by atoms with van der Waals surface area (Å²) in [5.74, 6) is -0.0978. The predicted molar refractivity (Wildman–Crippen MR) is 89.4 cm³/mol. The summed E-state index contributed by atoms with van der Waals surface area (Å²) in [6, 6.07) is 13.0. The summed E-state index contributed by atoms with van der Waals surface area (Å²) in [7, 11) is 0. The number of anilines is 2. The molecule has 0 fully saturated rings. The van der Waals surface area contributed by atoms with Gasteiger partial charge in [-0.2, -0.15) is 0 Å². The van der Waals surface area contributed by atoms with Crippen molar-refractivity contribution < 1.29 is 4.79 Å². The second-order valence-electron chi connectivity index (χ2n) is 4.72. The van der Waals surface area contributed by atoms with Gasteiger partial charge in [0, 0.05) is 23.7 Å². The lowest BCUT2D eigenvalue weighted by atomic mass is 10.2. The Labute approximate surface area is 134 Å². The summed E-state index contributed by atoms with van der Waals surface area (Å²) in [6.07, 6.45) is 0.354. The number of carbonyl (C=O) groups excluding carboxylic acids is 1. The zero-order valence-electron chi connectivity index (χ0n) is 11.6. The topological polar surface area (TPSA) is 41.1 Å². The molecule has 0 aliphatic rings. The largest absolute Gasteiger partial charge is 0.385 e. The average molecular weight is 323 g/mol. The monoisotopic (exact) mass is 322 g/mol. The molecule has 2 N–H and O–H groups in total. The van der Waals surface area contributed by atoms with Gasteiger partial charge in [-0.15, -0.1) is 0 Å². The number of halogens is 2. The first-order valence-electron chi connectivity index (χ1n) is 6.60. The van der Waals surface area contributed by atoms with Gasteiger partial charge in [0.15, 0.2) is 0 Å². The van der Waals surface area contributed by atoms with Gasteiger partial charge in [0.2, 0.25) is 5.91 Å². The highest BCUT2D eigenvalue weighted by Crippen LogP contribution is 2.25. The molecule has 0 atom stereocenters. The van der Waals surface area contributed by atoms with Crippen LogP contribution < -0.4 is 10.6 Å². The fourth-order valence-corrected chi connectivity index (χ4v) is 2.33. The smallest absolute Gasteiger partial charge is 0.226 e. The molecule has 0 spiro atoms. The molecule has 0 heterocycles. The molecule has 0 aliphatic heterocycles. The Kier molecular flexibility index (Phi) is 5.48. The highest BCUT2D eigenvalue weighted by molar-refractivity contribution is 6.36. The van der Waals surface area contributed by atoms with Crippen LogP contribution in [0.5, 0.6) is 0 Å². The fraction of sp³-hybridized carbons (Fsp3) is 0.188. The number of hydrogen-bond acceptors (Lipinski definition) is 2. The van der Waals surface area contributed by atoms with E-state index in [1.807, 2.05) is 31.2 Å². The van der Waals surface area contributed by atoms with Crippen LogP contribution in [0.4, 0.5) is 11.4 Å². The number of rotatable bonds is 5. The van der Waals surface area contributed by atoms with Crippen molar-refractivity contribution in [2.75, 3.05) is 17.2 Å². The summed E-state index contributed by atoms with van der Waals surface area (Å²) in [6.45, 7) is 2.58. The molecular weight excluding hydrogens is 307 g/mol. The van der Waals surface area contributed by atoms with Crippen LogP contribution in [-0.2, 0) is 4.79 Å². The standard InChI is InChI=1S/C16H16Cl2N2O/c1-11-3-2-4-13(9-11)19-8-7-16(21)20-15-6-5-12(17)10-14(15)18/h2-6,9-10,19H,7-8H2,1H3,(H,20,21). The molecule has 0 saturated carbocycles. The van der Waals surface area contributed by atoms with Crippen LogP contribution in [0.15, 0.2) is 42.5 Å². The zero-order valence-corrected chi connectivity index (χ0v) is 13.1. The second kappa shape index (κ2) is 7.34. The van der Waals surface area contributed by atoms with Crippen LogP contribution in [0.1, 0.15) is 12.0 Å². The van der Waals surface area contributed by atoms with Gasteiger partial charge in [-0.05, 0) is 42.8 Å². The summed E-state index contributed by atoms with van der Waals surface area (Å²) < 4.78 is 0. The van der Waals surface area contributed by atoms with Crippen molar-refractivity contribution in [3.63, 3.8) is 0 Å². The zero-order chi connectivity index (χ0) is 15.2. The Morgan fingerprint density at radius 2 is 1.95 bits per heavy atom. The third kappa shape index (κ3) is 4.96. The number of benzene rings is 2. The van der Waals surface area contributed by atoms with Gasteiger partial charge in [-0.25, -0.2) is 0 Å². The number of amides is 1. The van der Waals surface area contributed by atoms with Crippen molar-refractivity contribution in [1.82, 2.24) is 0 Å². The van der Waals surface area contributed by atoms with Gasteiger partial charge in [0.05, 0.1) is 10.7 Å². The van der Waals surface area contributed by atoms with Crippen molar-refractivity contribution in [2.24, 2.45) is 0 Å². The Morgan fingerprint density at radius 3 is 2.67 bits per heavy atom. The van der Waals surface area contributed by atoms with E-state index in [1.54, 1.807) is 18.2 Å². The first-order chi connectivity index (χ1) is 10.0. The SMILES string of the molecule is Cc1cccc(NCCC(=O)Nc2ccc(Cl)cc2Cl)c1. The van der Waals surface area contributed by atoms with Gasteiger partial charge in [0.25, 0.3) is 0 Å². The molecule has 0 bridgehead atoms. The van der Waals surface area contributed by atoms with Crippen molar-refractivity contribution in [2.45, 2.75) is 13.3 Å². The molecule has 0 aromatic heterocycles. The number of aryl methyl sites for hydroxylation is 1. The highest BCUT2D eigenvalue weighted by atomic mass is 35.5. The van der Waals surface area contributed by atoms with Gasteiger partial charge in [-0.3, -0.25) is 4.79 Å². The van der Waals surface area contributed by atoms with E-state index in [-0.39, 0.29) is 5.91 Å². The number of hydrogen-bond donors (Lipinski definition) is 2. The lowest BCUT2D eigenvalue weighted by molar-refractivity contribution is -0.115. The van der Waals surface area contributed by atoms with Gasteiger partial charge < -0.3 is 10.6 Å². The van der Waals surface area contributed by atoms with E-state index < -0.39 is 0 Å². The predicted octanol–water partition coefficient (Wildman–Crippen LogP) is 4.74. The first kappa shape index (κ1) is 15.7. The third-order valence-electron chi connectivity index (χ3n) is 2.90. The van der Waals surface area contributed by atoms with Crippen LogP contribution >= 0.6 is 23.2 Å².